The maximum Gasteiger partial charge on any atom is 0.434 e. The van der Waals surface area contributed by atoms with Crippen molar-refractivity contribution < 1.29 is 17.9 Å². The summed E-state index contributed by atoms with van der Waals surface area (Å²) in [4.78, 5) is 16.8. The maximum atomic E-state index is 13.2. The third kappa shape index (κ3) is 4.90. The van der Waals surface area contributed by atoms with Crippen LogP contribution >= 0.6 is 11.6 Å². The Hall–Kier alpha value is -3.18. The number of fused-ring (bicyclic) bond motifs is 1. The van der Waals surface area contributed by atoms with Crippen molar-refractivity contribution in [2.45, 2.75) is 58.1 Å². The third-order valence-electron chi connectivity index (χ3n) is 6.12. The molecule has 0 spiro atoms. The summed E-state index contributed by atoms with van der Waals surface area (Å²) in [5.41, 5.74) is 1.79. The minimum atomic E-state index is -4.50. The highest BCUT2D eigenvalue weighted by Gasteiger charge is 2.35. The molecule has 1 aliphatic heterocycles. The van der Waals surface area contributed by atoms with Crippen LogP contribution in [0.4, 0.5) is 19.0 Å². The van der Waals surface area contributed by atoms with Crippen molar-refractivity contribution in [2.75, 3.05) is 11.9 Å². The largest absolute Gasteiger partial charge is 0.434 e. The van der Waals surface area contributed by atoms with Crippen LogP contribution in [-0.4, -0.2) is 35.7 Å². The molecule has 1 aromatic carbocycles. The van der Waals surface area contributed by atoms with Crippen LogP contribution in [0, 0.1) is 0 Å². The molecule has 4 heterocycles. The highest BCUT2D eigenvalue weighted by molar-refractivity contribution is 6.28. The third-order valence-corrected chi connectivity index (χ3v) is 6.29. The van der Waals surface area contributed by atoms with Crippen LogP contribution in [0.25, 0.3) is 22.6 Å². The van der Waals surface area contributed by atoms with Gasteiger partial charge in [-0.1, -0.05) is 24.3 Å². The minimum absolute atomic E-state index is 0.0798. The molecule has 1 N–H and O–H groups in total. The van der Waals surface area contributed by atoms with Gasteiger partial charge in [-0.3, -0.25) is 4.57 Å². The predicted molar refractivity (Wildman–Crippen MR) is 130 cm³/mol. The summed E-state index contributed by atoms with van der Waals surface area (Å²) in [5.74, 6) is 0.809. The van der Waals surface area contributed by atoms with Crippen molar-refractivity contribution in [1.82, 2.24) is 29.1 Å². The summed E-state index contributed by atoms with van der Waals surface area (Å²) in [6.07, 6.45) is 1.07. The van der Waals surface area contributed by atoms with Crippen LogP contribution in [0.1, 0.15) is 56.6 Å². The number of benzene rings is 1. The van der Waals surface area contributed by atoms with Gasteiger partial charge in [0.15, 0.2) is 17.2 Å². The number of nitrogens with one attached hydrogen (secondary N) is 1. The first kappa shape index (κ1) is 24.5. The van der Waals surface area contributed by atoms with E-state index in [9.17, 15) is 13.2 Å². The number of ether oxygens (including phenoxy) is 1. The van der Waals surface area contributed by atoms with Crippen molar-refractivity contribution >= 4 is 28.6 Å². The summed E-state index contributed by atoms with van der Waals surface area (Å²) < 4.78 is 49.1. The lowest BCUT2D eigenvalue weighted by molar-refractivity contribution is -0.140. The second-order valence-corrected chi connectivity index (χ2v) is 9.32. The Bertz CT molecular complexity index is 1360. The number of imidazole rings is 2. The van der Waals surface area contributed by atoms with Crippen LogP contribution in [0.5, 0.6) is 0 Å². The number of halogens is 4. The summed E-state index contributed by atoms with van der Waals surface area (Å²) in [5, 5.41) is 3.38. The quantitative estimate of drug-likeness (QED) is 0.303. The fourth-order valence-corrected chi connectivity index (χ4v) is 4.46. The summed E-state index contributed by atoms with van der Waals surface area (Å²) in [6.45, 7) is 4.74. The van der Waals surface area contributed by atoms with Gasteiger partial charge in [0.25, 0.3) is 0 Å². The zero-order valence-corrected chi connectivity index (χ0v) is 20.5. The van der Waals surface area contributed by atoms with Gasteiger partial charge in [0.2, 0.25) is 5.28 Å². The molecular formula is C24H25ClF3N7O. The van der Waals surface area contributed by atoms with E-state index < -0.39 is 11.9 Å². The number of hydrogen-bond acceptors (Lipinski definition) is 6. The highest BCUT2D eigenvalue weighted by Crippen LogP contribution is 2.33. The second-order valence-electron chi connectivity index (χ2n) is 8.99. The Morgan fingerprint density at radius 2 is 1.92 bits per heavy atom. The molecule has 0 amide bonds. The van der Waals surface area contributed by atoms with Crippen LogP contribution in [-0.2, 0) is 17.5 Å². The van der Waals surface area contributed by atoms with Crippen LogP contribution in [0.2, 0.25) is 5.28 Å². The number of hydrogen-bond donors (Lipinski definition) is 1. The molecule has 0 radical (unpaired) electrons. The van der Waals surface area contributed by atoms with Crippen LogP contribution < -0.4 is 5.32 Å². The van der Waals surface area contributed by atoms with E-state index in [2.05, 4.69) is 25.3 Å². The standard InChI is InChI=1S/C24H25ClF3N7O/c1-14(2)34-12-17(24(26,27)28)31-22(34)16-8-6-15(7-9-16)11-29-20-19-21(33-23(25)32-20)30-13-35(19)18-5-3-4-10-36-18/h6-9,12-14,18H,3-5,10-11H2,1-2H3,(H,29,32,33). The zero-order valence-electron chi connectivity index (χ0n) is 19.8. The van der Waals surface area contributed by atoms with Gasteiger partial charge in [0.1, 0.15) is 17.6 Å². The molecule has 12 heteroatoms. The van der Waals surface area contributed by atoms with E-state index in [1.165, 1.54) is 4.57 Å². The number of aromatic nitrogens is 6. The number of alkyl halides is 3. The minimum Gasteiger partial charge on any atom is -0.364 e. The van der Waals surface area contributed by atoms with E-state index in [1.54, 1.807) is 18.5 Å². The molecule has 0 aliphatic carbocycles. The Morgan fingerprint density at radius 1 is 1.14 bits per heavy atom. The van der Waals surface area contributed by atoms with Gasteiger partial charge in [0, 0.05) is 31.0 Å². The zero-order chi connectivity index (χ0) is 25.4. The molecule has 1 aliphatic rings. The summed E-state index contributed by atoms with van der Waals surface area (Å²) in [7, 11) is 0. The molecular weight excluding hydrogens is 495 g/mol. The second kappa shape index (κ2) is 9.70. The lowest BCUT2D eigenvalue weighted by Gasteiger charge is -2.24. The maximum absolute atomic E-state index is 13.2. The van der Waals surface area contributed by atoms with E-state index in [1.807, 2.05) is 30.5 Å². The first-order valence-electron chi connectivity index (χ1n) is 11.7. The average Bonchev–Trinajstić information content (AvgIpc) is 3.49. The fraction of sp³-hybridized carbons (Fsp3) is 0.417. The Morgan fingerprint density at radius 3 is 2.58 bits per heavy atom. The monoisotopic (exact) mass is 519 g/mol. The van der Waals surface area contributed by atoms with Gasteiger partial charge < -0.3 is 14.6 Å². The average molecular weight is 520 g/mol. The summed E-state index contributed by atoms with van der Waals surface area (Å²) >= 11 is 6.13. The van der Waals surface area contributed by atoms with Crippen LogP contribution in [0.15, 0.2) is 36.8 Å². The highest BCUT2D eigenvalue weighted by atomic mass is 35.5. The van der Waals surface area contributed by atoms with E-state index in [0.717, 1.165) is 31.0 Å². The van der Waals surface area contributed by atoms with Gasteiger partial charge in [0.05, 0.1) is 6.33 Å². The topological polar surface area (TPSA) is 82.7 Å². The molecule has 36 heavy (non-hydrogen) atoms. The molecule has 8 nitrogen and oxygen atoms in total. The van der Waals surface area contributed by atoms with Crippen molar-refractivity contribution in [1.29, 1.82) is 0 Å². The molecule has 5 rings (SSSR count). The van der Waals surface area contributed by atoms with Crippen molar-refractivity contribution in [3.8, 4) is 11.4 Å². The number of anilines is 1. The molecule has 190 valence electrons. The number of nitrogens with zero attached hydrogens (tertiary/aromatic N) is 6. The first-order chi connectivity index (χ1) is 17.2. The van der Waals surface area contributed by atoms with Gasteiger partial charge >= 0.3 is 6.18 Å². The SMILES string of the molecule is CC(C)n1cc(C(F)(F)F)nc1-c1ccc(CNc2nc(Cl)nc3ncn(C4CCCCO4)c23)cc1. The molecule has 1 fully saturated rings. The van der Waals surface area contributed by atoms with Gasteiger partial charge in [-0.15, -0.1) is 0 Å². The lowest BCUT2D eigenvalue weighted by atomic mass is 10.1. The Labute approximate surface area is 210 Å². The molecule has 1 unspecified atom stereocenters. The smallest absolute Gasteiger partial charge is 0.364 e. The predicted octanol–water partition coefficient (Wildman–Crippen LogP) is 6.25. The van der Waals surface area contributed by atoms with E-state index in [0.29, 0.717) is 35.7 Å². The fourth-order valence-electron chi connectivity index (χ4n) is 4.30. The Kier molecular flexibility index (Phi) is 6.60. The van der Waals surface area contributed by atoms with Gasteiger partial charge in [-0.05, 0) is 50.3 Å². The van der Waals surface area contributed by atoms with E-state index in [4.69, 9.17) is 16.3 Å². The normalized spacial score (nSPS) is 16.7. The number of rotatable bonds is 6. The van der Waals surface area contributed by atoms with Crippen molar-refractivity contribution in [3.63, 3.8) is 0 Å². The lowest BCUT2D eigenvalue weighted by Crippen LogP contribution is -2.18. The molecule has 0 saturated carbocycles. The summed E-state index contributed by atoms with van der Waals surface area (Å²) in [6, 6.07) is 7.04. The molecule has 1 atom stereocenters. The molecule has 1 saturated heterocycles. The molecule has 0 bridgehead atoms. The van der Waals surface area contributed by atoms with Crippen molar-refractivity contribution in [2.24, 2.45) is 0 Å². The molecule has 3 aromatic heterocycles. The van der Waals surface area contributed by atoms with Gasteiger partial charge in [-0.2, -0.15) is 23.1 Å². The van der Waals surface area contributed by atoms with E-state index >= 15 is 0 Å². The van der Waals surface area contributed by atoms with Crippen LogP contribution in [0.3, 0.4) is 0 Å². The van der Waals surface area contributed by atoms with Crippen molar-refractivity contribution in [3.05, 3.63) is 53.3 Å². The first-order valence-corrected chi connectivity index (χ1v) is 12.1. The Balaban J connectivity index is 1.38. The van der Waals surface area contributed by atoms with E-state index in [-0.39, 0.29) is 23.4 Å². The molecule has 4 aromatic rings. The van der Waals surface area contributed by atoms with Gasteiger partial charge in [-0.25, -0.2) is 9.97 Å².